The van der Waals surface area contributed by atoms with Gasteiger partial charge in [0.25, 0.3) is 0 Å². The van der Waals surface area contributed by atoms with Crippen molar-refractivity contribution >= 4 is 5.91 Å². The van der Waals surface area contributed by atoms with Gasteiger partial charge in [0.2, 0.25) is 5.91 Å². The van der Waals surface area contributed by atoms with E-state index in [4.69, 9.17) is 0 Å². The number of amides is 1. The maximum Gasteiger partial charge on any atom is 0.219 e. The molecule has 1 fully saturated rings. The van der Waals surface area contributed by atoms with Crippen molar-refractivity contribution in [2.75, 3.05) is 13.1 Å². The van der Waals surface area contributed by atoms with Gasteiger partial charge in [-0.05, 0) is 19.3 Å². The molecule has 2 heterocycles. The second-order valence-electron chi connectivity index (χ2n) is 4.88. The predicted molar refractivity (Wildman–Crippen MR) is 70.0 cm³/mol. The maximum atomic E-state index is 11.3. The molecule has 1 saturated heterocycles. The number of likely N-dealkylation sites (tertiary alicyclic amines) is 1. The molecule has 2 N–H and O–H groups in total. The summed E-state index contributed by atoms with van der Waals surface area (Å²) in [4.78, 5) is 20.7. The molecule has 1 aromatic rings. The van der Waals surface area contributed by atoms with Gasteiger partial charge in [-0.1, -0.05) is 6.92 Å². The van der Waals surface area contributed by atoms with E-state index in [1.807, 2.05) is 11.1 Å². The Kier molecular flexibility index (Phi) is 4.36. The Morgan fingerprint density at radius 2 is 2.33 bits per heavy atom. The number of hydrogen-bond donors (Lipinski definition) is 2. The summed E-state index contributed by atoms with van der Waals surface area (Å²) in [5.74, 6) is 1.19. The second-order valence-corrected chi connectivity index (χ2v) is 4.88. The molecule has 5 heteroatoms. The van der Waals surface area contributed by atoms with E-state index in [0.717, 1.165) is 38.2 Å². The van der Waals surface area contributed by atoms with Crippen LogP contribution in [0.2, 0.25) is 0 Å². The first-order valence-electron chi connectivity index (χ1n) is 6.71. The zero-order valence-corrected chi connectivity index (χ0v) is 11.1. The molecule has 1 atom stereocenters. The molecule has 1 aromatic heterocycles. The van der Waals surface area contributed by atoms with Gasteiger partial charge >= 0.3 is 0 Å². The summed E-state index contributed by atoms with van der Waals surface area (Å²) in [6, 6.07) is 0.768. The van der Waals surface area contributed by atoms with Crippen molar-refractivity contribution < 1.29 is 4.79 Å². The predicted octanol–water partition coefficient (Wildman–Crippen LogP) is 1.46. The van der Waals surface area contributed by atoms with Crippen molar-refractivity contribution in [1.29, 1.82) is 0 Å². The third-order valence-corrected chi connectivity index (χ3v) is 3.63. The number of carbonyl (C=O) groups is 1. The van der Waals surface area contributed by atoms with Crippen molar-refractivity contribution in [3.8, 4) is 0 Å². The van der Waals surface area contributed by atoms with Gasteiger partial charge in [-0.15, -0.1) is 0 Å². The molecule has 0 aliphatic carbocycles. The highest BCUT2D eigenvalue weighted by atomic mass is 16.2. The summed E-state index contributed by atoms with van der Waals surface area (Å²) in [5, 5.41) is 3.64. The number of aromatic amines is 1. The fraction of sp³-hybridized carbons (Fsp3) is 0.692. The molecule has 2 rings (SSSR count). The third-order valence-electron chi connectivity index (χ3n) is 3.63. The first kappa shape index (κ1) is 13.1. The molecular formula is C13H22N4O. The van der Waals surface area contributed by atoms with Gasteiger partial charge in [0, 0.05) is 38.4 Å². The van der Waals surface area contributed by atoms with Crippen LogP contribution in [0.25, 0.3) is 0 Å². The van der Waals surface area contributed by atoms with E-state index in [0.29, 0.717) is 6.04 Å². The Hall–Kier alpha value is -1.36. The standard InChI is InChI=1S/C13H22N4O/c1-3-12(13-14-6-7-15-13)16-11-4-8-17(9-5-11)10(2)18/h6-7,11-12,16H,3-5,8-9H2,1-2H3,(H,14,15). The Morgan fingerprint density at radius 3 is 2.83 bits per heavy atom. The average molecular weight is 250 g/mol. The molecule has 100 valence electrons. The third kappa shape index (κ3) is 3.10. The monoisotopic (exact) mass is 250 g/mol. The largest absolute Gasteiger partial charge is 0.347 e. The zero-order chi connectivity index (χ0) is 13.0. The number of piperidine rings is 1. The first-order chi connectivity index (χ1) is 8.70. The van der Waals surface area contributed by atoms with E-state index >= 15 is 0 Å². The number of carbonyl (C=O) groups excluding carboxylic acids is 1. The second kappa shape index (κ2) is 6.00. The van der Waals surface area contributed by atoms with Crippen LogP contribution in [0.5, 0.6) is 0 Å². The Bertz CT molecular complexity index is 368. The Balaban J connectivity index is 1.85. The van der Waals surface area contributed by atoms with Gasteiger partial charge in [-0.2, -0.15) is 0 Å². The highest BCUT2D eigenvalue weighted by Crippen LogP contribution is 2.17. The van der Waals surface area contributed by atoms with E-state index < -0.39 is 0 Å². The van der Waals surface area contributed by atoms with Gasteiger partial charge in [0.15, 0.2) is 0 Å². The summed E-state index contributed by atoms with van der Waals surface area (Å²) in [7, 11) is 0. The number of hydrogen-bond acceptors (Lipinski definition) is 3. The van der Waals surface area contributed by atoms with Crippen molar-refractivity contribution in [2.24, 2.45) is 0 Å². The van der Waals surface area contributed by atoms with E-state index in [1.54, 1.807) is 13.1 Å². The van der Waals surface area contributed by atoms with Crippen molar-refractivity contribution in [2.45, 2.75) is 45.2 Å². The maximum absolute atomic E-state index is 11.3. The van der Waals surface area contributed by atoms with Gasteiger partial charge in [-0.3, -0.25) is 4.79 Å². The number of aromatic nitrogens is 2. The lowest BCUT2D eigenvalue weighted by Crippen LogP contribution is -2.45. The minimum absolute atomic E-state index is 0.187. The van der Waals surface area contributed by atoms with Gasteiger partial charge in [0.05, 0.1) is 6.04 Å². The van der Waals surface area contributed by atoms with Crippen LogP contribution in [-0.2, 0) is 4.79 Å². The zero-order valence-electron chi connectivity index (χ0n) is 11.1. The molecule has 5 nitrogen and oxygen atoms in total. The molecule has 1 unspecified atom stereocenters. The lowest BCUT2D eigenvalue weighted by atomic mass is 10.0. The molecule has 18 heavy (non-hydrogen) atoms. The summed E-state index contributed by atoms with van der Waals surface area (Å²) < 4.78 is 0. The Labute approximate surface area is 108 Å². The fourth-order valence-corrected chi connectivity index (χ4v) is 2.50. The molecule has 1 aliphatic heterocycles. The lowest BCUT2D eigenvalue weighted by Gasteiger charge is -2.33. The van der Waals surface area contributed by atoms with E-state index in [2.05, 4.69) is 22.2 Å². The molecule has 0 saturated carbocycles. The molecule has 0 spiro atoms. The number of imidazole rings is 1. The van der Waals surface area contributed by atoms with Crippen LogP contribution in [0.15, 0.2) is 12.4 Å². The van der Waals surface area contributed by atoms with Crippen molar-refractivity contribution in [3.05, 3.63) is 18.2 Å². The number of nitrogens with zero attached hydrogens (tertiary/aromatic N) is 2. The van der Waals surface area contributed by atoms with Crippen molar-refractivity contribution in [1.82, 2.24) is 20.2 Å². The van der Waals surface area contributed by atoms with Gasteiger partial charge < -0.3 is 15.2 Å². The first-order valence-corrected chi connectivity index (χ1v) is 6.71. The van der Waals surface area contributed by atoms with Crippen LogP contribution in [0, 0.1) is 0 Å². The molecule has 1 amide bonds. The number of nitrogens with one attached hydrogen (secondary N) is 2. The summed E-state index contributed by atoms with van der Waals surface area (Å²) in [5.41, 5.74) is 0. The number of rotatable bonds is 4. The number of H-pyrrole nitrogens is 1. The lowest BCUT2D eigenvalue weighted by molar-refractivity contribution is -0.129. The van der Waals surface area contributed by atoms with E-state index in [1.165, 1.54) is 0 Å². The van der Waals surface area contributed by atoms with Crippen LogP contribution in [0.1, 0.15) is 45.0 Å². The minimum Gasteiger partial charge on any atom is -0.347 e. The van der Waals surface area contributed by atoms with Crippen LogP contribution >= 0.6 is 0 Å². The Morgan fingerprint density at radius 1 is 1.61 bits per heavy atom. The van der Waals surface area contributed by atoms with E-state index in [9.17, 15) is 4.79 Å². The molecule has 0 radical (unpaired) electrons. The van der Waals surface area contributed by atoms with Crippen LogP contribution < -0.4 is 5.32 Å². The van der Waals surface area contributed by atoms with Crippen LogP contribution in [0.4, 0.5) is 0 Å². The minimum atomic E-state index is 0.187. The summed E-state index contributed by atoms with van der Waals surface area (Å²) >= 11 is 0. The van der Waals surface area contributed by atoms with Crippen LogP contribution in [0.3, 0.4) is 0 Å². The molecule has 0 bridgehead atoms. The summed E-state index contributed by atoms with van der Waals surface area (Å²) in [6.45, 7) is 5.53. The highest BCUT2D eigenvalue weighted by molar-refractivity contribution is 5.73. The van der Waals surface area contributed by atoms with Crippen LogP contribution in [-0.4, -0.2) is 39.9 Å². The fourth-order valence-electron chi connectivity index (χ4n) is 2.50. The SMILES string of the molecule is CCC(NC1CCN(C(C)=O)CC1)c1ncc[nH]1. The smallest absolute Gasteiger partial charge is 0.219 e. The van der Waals surface area contributed by atoms with Gasteiger partial charge in [0.1, 0.15) is 5.82 Å². The van der Waals surface area contributed by atoms with E-state index in [-0.39, 0.29) is 11.9 Å². The topological polar surface area (TPSA) is 61.0 Å². The molecule has 1 aliphatic rings. The highest BCUT2D eigenvalue weighted by Gasteiger charge is 2.23. The quantitative estimate of drug-likeness (QED) is 0.850. The normalized spacial score (nSPS) is 18.9. The summed E-state index contributed by atoms with van der Waals surface area (Å²) in [6.07, 6.45) is 6.71. The molecule has 0 aromatic carbocycles. The van der Waals surface area contributed by atoms with Gasteiger partial charge in [-0.25, -0.2) is 4.98 Å². The average Bonchev–Trinajstić information content (AvgIpc) is 2.90. The van der Waals surface area contributed by atoms with Crippen molar-refractivity contribution in [3.63, 3.8) is 0 Å². The molecular weight excluding hydrogens is 228 g/mol.